The van der Waals surface area contributed by atoms with Crippen LogP contribution in [0.4, 0.5) is 0 Å². The summed E-state index contributed by atoms with van der Waals surface area (Å²) in [5, 5.41) is 8.50. The lowest BCUT2D eigenvalue weighted by Gasteiger charge is -2.30. The average Bonchev–Trinajstić information content (AvgIpc) is 3.26. The topological polar surface area (TPSA) is 55.1 Å². The summed E-state index contributed by atoms with van der Waals surface area (Å²) in [5.41, 5.74) is 0.941. The average molecular weight is 298 g/mol. The van der Waals surface area contributed by atoms with E-state index < -0.39 is 0 Å². The molecule has 4 rings (SSSR count). The molecule has 2 aromatic rings. The second kappa shape index (κ2) is 6.16. The third kappa shape index (κ3) is 2.77. The number of hydrogen-bond acceptors (Lipinski definition) is 5. The van der Waals surface area contributed by atoms with Gasteiger partial charge in [-0.2, -0.15) is 0 Å². The summed E-state index contributed by atoms with van der Waals surface area (Å²) in [5.74, 6) is 1.80. The van der Waals surface area contributed by atoms with Crippen molar-refractivity contribution >= 4 is 0 Å². The van der Waals surface area contributed by atoms with E-state index in [1.807, 2.05) is 12.1 Å². The molecule has 0 amide bonds. The van der Waals surface area contributed by atoms with Crippen LogP contribution in [-0.2, 0) is 0 Å². The number of likely N-dealkylation sites (tertiary alicyclic amines) is 1. The fourth-order valence-corrected chi connectivity index (χ4v) is 3.78. The highest BCUT2D eigenvalue weighted by Crippen LogP contribution is 2.32. The van der Waals surface area contributed by atoms with E-state index in [-0.39, 0.29) is 0 Å². The summed E-state index contributed by atoms with van der Waals surface area (Å²) < 4.78 is 5.91. The summed E-state index contributed by atoms with van der Waals surface area (Å²) >= 11 is 0. The molecule has 0 radical (unpaired) electrons. The predicted molar refractivity (Wildman–Crippen MR) is 83.3 cm³/mol. The normalized spacial score (nSPS) is 23.9. The van der Waals surface area contributed by atoms with E-state index in [2.05, 4.69) is 20.1 Å². The Labute approximate surface area is 130 Å². The fraction of sp³-hybridized carbons (Fsp3) is 0.588. The number of rotatable bonds is 3. The van der Waals surface area contributed by atoms with E-state index in [0.29, 0.717) is 11.8 Å². The third-order valence-electron chi connectivity index (χ3n) is 5.03. The first-order valence-electron chi connectivity index (χ1n) is 8.38. The van der Waals surface area contributed by atoms with Crippen molar-refractivity contribution in [3.63, 3.8) is 0 Å². The van der Waals surface area contributed by atoms with Gasteiger partial charge in [0.15, 0.2) is 0 Å². The monoisotopic (exact) mass is 298 g/mol. The Bertz CT molecular complexity index is 606. The SMILES string of the molecule is c1cc(-c2nnc(C3CCN(C4CCCCC4)C3)o2)ccn1. The molecule has 1 atom stereocenters. The zero-order valence-electron chi connectivity index (χ0n) is 12.8. The molecule has 0 N–H and O–H groups in total. The van der Waals surface area contributed by atoms with Gasteiger partial charge in [0.05, 0.1) is 5.92 Å². The van der Waals surface area contributed by atoms with Crippen molar-refractivity contribution in [1.29, 1.82) is 0 Å². The van der Waals surface area contributed by atoms with Crippen LogP contribution in [0.1, 0.15) is 50.3 Å². The quantitative estimate of drug-likeness (QED) is 0.870. The van der Waals surface area contributed by atoms with Crippen LogP contribution in [0.15, 0.2) is 28.9 Å². The summed E-state index contributed by atoms with van der Waals surface area (Å²) in [6.07, 6.45) is 11.5. The van der Waals surface area contributed by atoms with E-state index in [9.17, 15) is 0 Å². The minimum Gasteiger partial charge on any atom is -0.420 e. The molecule has 116 valence electrons. The van der Waals surface area contributed by atoms with Gasteiger partial charge in [-0.3, -0.25) is 9.88 Å². The van der Waals surface area contributed by atoms with Crippen molar-refractivity contribution < 1.29 is 4.42 Å². The third-order valence-corrected chi connectivity index (χ3v) is 5.03. The zero-order valence-corrected chi connectivity index (χ0v) is 12.8. The molecule has 2 aromatic heterocycles. The van der Waals surface area contributed by atoms with Crippen molar-refractivity contribution in [2.75, 3.05) is 13.1 Å². The van der Waals surface area contributed by atoms with E-state index in [4.69, 9.17) is 4.42 Å². The van der Waals surface area contributed by atoms with Crippen molar-refractivity contribution in [3.05, 3.63) is 30.4 Å². The highest BCUT2D eigenvalue weighted by Gasteiger charge is 2.32. The molecular weight excluding hydrogens is 276 g/mol. The molecule has 5 heteroatoms. The molecule has 0 aromatic carbocycles. The molecule has 1 aliphatic carbocycles. The van der Waals surface area contributed by atoms with Gasteiger partial charge < -0.3 is 4.42 Å². The van der Waals surface area contributed by atoms with Crippen LogP contribution < -0.4 is 0 Å². The smallest absolute Gasteiger partial charge is 0.247 e. The molecule has 1 aliphatic heterocycles. The Hall–Kier alpha value is -1.75. The Kier molecular flexibility index (Phi) is 3.89. The van der Waals surface area contributed by atoms with Crippen molar-refractivity contribution in [1.82, 2.24) is 20.1 Å². The molecule has 2 aliphatic rings. The molecule has 22 heavy (non-hydrogen) atoms. The summed E-state index contributed by atoms with van der Waals surface area (Å²) in [4.78, 5) is 6.66. The molecule has 3 heterocycles. The van der Waals surface area contributed by atoms with Crippen molar-refractivity contribution in [2.45, 2.75) is 50.5 Å². The molecule has 1 unspecified atom stereocenters. The number of hydrogen-bond donors (Lipinski definition) is 0. The van der Waals surface area contributed by atoms with Crippen LogP contribution in [0.3, 0.4) is 0 Å². The fourth-order valence-electron chi connectivity index (χ4n) is 3.78. The van der Waals surface area contributed by atoms with Crippen LogP contribution in [0.25, 0.3) is 11.5 Å². The number of nitrogens with zero attached hydrogens (tertiary/aromatic N) is 4. The molecule has 5 nitrogen and oxygen atoms in total. The Morgan fingerprint density at radius 2 is 1.82 bits per heavy atom. The molecule has 1 saturated carbocycles. The Morgan fingerprint density at radius 1 is 1.00 bits per heavy atom. The van der Waals surface area contributed by atoms with Gasteiger partial charge in [0.25, 0.3) is 0 Å². The molecule has 1 saturated heterocycles. The first kappa shape index (κ1) is 13.9. The van der Waals surface area contributed by atoms with Gasteiger partial charge >= 0.3 is 0 Å². The summed E-state index contributed by atoms with van der Waals surface area (Å²) in [6, 6.07) is 4.59. The van der Waals surface area contributed by atoms with Gasteiger partial charge in [0, 0.05) is 30.5 Å². The van der Waals surface area contributed by atoms with Crippen molar-refractivity contribution in [2.24, 2.45) is 0 Å². The maximum absolute atomic E-state index is 5.91. The lowest BCUT2D eigenvalue weighted by atomic mass is 9.94. The van der Waals surface area contributed by atoms with Gasteiger partial charge in [-0.05, 0) is 37.9 Å². The van der Waals surface area contributed by atoms with Crippen molar-refractivity contribution in [3.8, 4) is 11.5 Å². The van der Waals surface area contributed by atoms with E-state index in [1.165, 1.54) is 38.6 Å². The lowest BCUT2D eigenvalue weighted by Crippen LogP contribution is -2.34. The van der Waals surface area contributed by atoms with E-state index >= 15 is 0 Å². The first-order valence-corrected chi connectivity index (χ1v) is 8.38. The van der Waals surface area contributed by atoms with Crippen LogP contribution in [0, 0.1) is 0 Å². The molecule has 2 fully saturated rings. The lowest BCUT2D eigenvalue weighted by molar-refractivity contribution is 0.187. The van der Waals surface area contributed by atoms with E-state index in [1.54, 1.807) is 12.4 Å². The van der Waals surface area contributed by atoms with Gasteiger partial charge in [0.2, 0.25) is 11.8 Å². The van der Waals surface area contributed by atoms with Crippen LogP contribution in [-0.4, -0.2) is 39.2 Å². The largest absolute Gasteiger partial charge is 0.420 e. The van der Waals surface area contributed by atoms with E-state index in [0.717, 1.165) is 30.5 Å². The molecule has 0 bridgehead atoms. The maximum Gasteiger partial charge on any atom is 0.247 e. The van der Waals surface area contributed by atoms with Gasteiger partial charge in [0.1, 0.15) is 0 Å². The van der Waals surface area contributed by atoms with Crippen LogP contribution in [0.2, 0.25) is 0 Å². The second-order valence-electron chi connectivity index (χ2n) is 6.45. The minimum absolute atomic E-state index is 0.394. The standard InChI is InChI=1S/C17H22N4O/c1-2-4-15(5-3-1)21-11-8-14(12-21)17-20-19-16(22-17)13-6-9-18-10-7-13/h6-7,9-10,14-15H,1-5,8,11-12H2. The minimum atomic E-state index is 0.394. The van der Waals surface area contributed by atoms with Gasteiger partial charge in [-0.25, -0.2) is 0 Å². The van der Waals surface area contributed by atoms with Gasteiger partial charge in [-0.1, -0.05) is 19.3 Å². The van der Waals surface area contributed by atoms with Gasteiger partial charge in [-0.15, -0.1) is 10.2 Å². The number of pyridine rings is 1. The van der Waals surface area contributed by atoms with Crippen LogP contribution in [0.5, 0.6) is 0 Å². The van der Waals surface area contributed by atoms with Crippen LogP contribution >= 0.6 is 0 Å². The zero-order chi connectivity index (χ0) is 14.8. The maximum atomic E-state index is 5.91. The second-order valence-corrected chi connectivity index (χ2v) is 6.45. The Balaban J connectivity index is 1.44. The molecular formula is C17H22N4O. The molecule has 0 spiro atoms. The first-order chi connectivity index (χ1) is 10.9. The predicted octanol–water partition coefficient (Wildman–Crippen LogP) is 3.25. The highest BCUT2D eigenvalue weighted by molar-refractivity contribution is 5.50. The summed E-state index contributed by atoms with van der Waals surface area (Å²) in [6.45, 7) is 2.24. The summed E-state index contributed by atoms with van der Waals surface area (Å²) in [7, 11) is 0. The Morgan fingerprint density at radius 3 is 2.64 bits per heavy atom. The number of aromatic nitrogens is 3. The highest BCUT2D eigenvalue weighted by atomic mass is 16.4.